The van der Waals surface area contributed by atoms with Gasteiger partial charge in [0.15, 0.2) is 0 Å². The van der Waals surface area contributed by atoms with E-state index in [0.717, 1.165) is 10.5 Å². The second kappa shape index (κ2) is 8.78. The third-order valence-electron chi connectivity index (χ3n) is 5.68. The molecule has 2 aromatic carbocycles. The number of hydrogen-bond acceptors (Lipinski definition) is 3. The fourth-order valence-electron chi connectivity index (χ4n) is 3.73. The van der Waals surface area contributed by atoms with E-state index in [1.54, 1.807) is 25.1 Å². The molecule has 0 radical (unpaired) electrons. The van der Waals surface area contributed by atoms with Crippen molar-refractivity contribution in [1.82, 2.24) is 4.90 Å². The van der Waals surface area contributed by atoms with Crippen LogP contribution in [0, 0.1) is 5.82 Å². The van der Waals surface area contributed by atoms with Gasteiger partial charge in [0.1, 0.15) is 11.9 Å². The molecule has 1 aliphatic heterocycles. The van der Waals surface area contributed by atoms with E-state index in [-0.39, 0.29) is 23.9 Å². The number of carbonyl (C=O) groups is 3. The van der Waals surface area contributed by atoms with E-state index in [1.807, 2.05) is 19.1 Å². The van der Waals surface area contributed by atoms with E-state index in [1.165, 1.54) is 23.1 Å². The molecule has 1 aliphatic rings. The molecule has 1 heterocycles. The predicted octanol–water partition coefficient (Wildman–Crippen LogP) is 4.52. The first kappa shape index (κ1) is 21.7. The van der Waals surface area contributed by atoms with Crippen LogP contribution in [-0.2, 0) is 9.59 Å². The van der Waals surface area contributed by atoms with Crippen LogP contribution in [0.25, 0.3) is 0 Å². The van der Waals surface area contributed by atoms with Gasteiger partial charge in [0.25, 0.3) is 11.8 Å². The summed E-state index contributed by atoms with van der Waals surface area (Å²) >= 11 is 0. The topological polar surface area (TPSA) is 57.7 Å². The molecule has 1 saturated heterocycles. The average molecular weight is 410 g/mol. The van der Waals surface area contributed by atoms with E-state index in [2.05, 4.69) is 13.8 Å². The van der Waals surface area contributed by atoms with Crippen LogP contribution in [0.2, 0.25) is 0 Å². The molecule has 158 valence electrons. The Morgan fingerprint density at radius 1 is 1.10 bits per heavy atom. The van der Waals surface area contributed by atoms with Crippen molar-refractivity contribution in [3.05, 3.63) is 65.5 Å². The van der Waals surface area contributed by atoms with Gasteiger partial charge in [-0.2, -0.15) is 0 Å². The lowest BCUT2D eigenvalue weighted by Crippen LogP contribution is -2.50. The summed E-state index contributed by atoms with van der Waals surface area (Å²) in [5.74, 6) is -1.71. The number of rotatable bonds is 6. The van der Waals surface area contributed by atoms with Gasteiger partial charge < -0.3 is 4.90 Å². The number of anilines is 1. The Hall–Kier alpha value is -3.02. The Balaban J connectivity index is 1.94. The fourth-order valence-corrected chi connectivity index (χ4v) is 3.73. The number of benzene rings is 2. The van der Waals surface area contributed by atoms with Crippen LogP contribution in [0.1, 0.15) is 62.4 Å². The molecule has 5 nitrogen and oxygen atoms in total. The van der Waals surface area contributed by atoms with E-state index in [0.29, 0.717) is 18.0 Å². The van der Waals surface area contributed by atoms with E-state index >= 15 is 0 Å². The van der Waals surface area contributed by atoms with Crippen LogP contribution in [0.4, 0.5) is 10.1 Å². The standard InChI is InChI=1S/C24H27FN2O3/c1-5-16(4)26(23(29)19-8-6-7-9-20(19)25)21-14-22(28)27(24(21)30)18-12-10-17(11-13-18)15(2)3/h6-13,15-16,21H,5,14H2,1-4H3. The first-order valence-electron chi connectivity index (χ1n) is 10.3. The SMILES string of the molecule is CCC(C)N(C(=O)c1ccccc1F)C1CC(=O)N(c2ccc(C(C)C)cc2)C1=O. The Bertz CT molecular complexity index is 955. The van der Waals surface area contributed by atoms with Gasteiger partial charge in [-0.15, -0.1) is 0 Å². The molecule has 0 aromatic heterocycles. The average Bonchev–Trinajstić information content (AvgIpc) is 3.02. The Morgan fingerprint density at radius 3 is 2.30 bits per heavy atom. The number of nitrogens with zero attached hydrogens (tertiary/aromatic N) is 2. The van der Waals surface area contributed by atoms with Crippen LogP contribution in [0.15, 0.2) is 48.5 Å². The first-order valence-corrected chi connectivity index (χ1v) is 10.3. The summed E-state index contributed by atoms with van der Waals surface area (Å²) in [7, 11) is 0. The fraction of sp³-hybridized carbons (Fsp3) is 0.375. The highest BCUT2D eigenvalue weighted by Gasteiger charge is 2.46. The van der Waals surface area contributed by atoms with Gasteiger partial charge in [0.05, 0.1) is 17.7 Å². The maximum atomic E-state index is 14.3. The number of halogens is 1. The molecule has 0 bridgehead atoms. The van der Waals surface area contributed by atoms with Crippen molar-refractivity contribution in [3.8, 4) is 0 Å². The zero-order chi connectivity index (χ0) is 22.0. The molecule has 1 fully saturated rings. The molecule has 0 N–H and O–H groups in total. The zero-order valence-electron chi connectivity index (χ0n) is 17.8. The minimum Gasteiger partial charge on any atom is -0.323 e. The second-order valence-electron chi connectivity index (χ2n) is 7.98. The van der Waals surface area contributed by atoms with Crippen molar-refractivity contribution in [3.63, 3.8) is 0 Å². The molecule has 3 rings (SSSR count). The Labute approximate surface area is 176 Å². The van der Waals surface area contributed by atoms with Crippen LogP contribution in [0.3, 0.4) is 0 Å². The summed E-state index contributed by atoms with van der Waals surface area (Å²) in [6.07, 6.45) is 0.455. The number of imide groups is 1. The van der Waals surface area contributed by atoms with Gasteiger partial charge in [0, 0.05) is 6.04 Å². The van der Waals surface area contributed by atoms with Crippen LogP contribution in [0.5, 0.6) is 0 Å². The Morgan fingerprint density at radius 2 is 1.73 bits per heavy atom. The largest absolute Gasteiger partial charge is 0.323 e. The predicted molar refractivity (Wildman–Crippen MR) is 114 cm³/mol. The highest BCUT2D eigenvalue weighted by molar-refractivity contribution is 6.23. The lowest BCUT2D eigenvalue weighted by atomic mass is 10.0. The lowest BCUT2D eigenvalue weighted by molar-refractivity contribution is -0.122. The maximum absolute atomic E-state index is 14.3. The van der Waals surface area contributed by atoms with Gasteiger partial charge in [-0.3, -0.25) is 14.4 Å². The normalized spacial score (nSPS) is 17.5. The first-order chi connectivity index (χ1) is 14.3. The molecular formula is C24H27FN2O3. The minimum atomic E-state index is -0.954. The summed E-state index contributed by atoms with van der Waals surface area (Å²) in [5, 5.41) is 0. The monoisotopic (exact) mass is 410 g/mol. The van der Waals surface area contributed by atoms with Crippen molar-refractivity contribution < 1.29 is 18.8 Å². The summed E-state index contributed by atoms with van der Waals surface area (Å²) in [4.78, 5) is 41.7. The third kappa shape index (κ3) is 3.99. The highest BCUT2D eigenvalue weighted by atomic mass is 19.1. The molecule has 0 saturated carbocycles. The quantitative estimate of drug-likeness (QED) is 0.658. The van der Waals surface area contributed by atoms with Crippen molar-refractivity contribution in [2.45, 2.75) is 58.5 Å². The highest BCUT2D eigenvalue weighted by Crippen LogP contribution is 2.30. The molecule has 30 heavy (non-hydrogen) atoms. The summed E-state index contributed by atoms with van der Waals surface area (Å²) in [6, 6.07) is 11.7. The van der Waals surface area contributed by atoms with Crippen LogP contribution >= 0.6 is 0 Å². The maximum Gasteiger partial charge on any atom is 0.257 e. The number of hydrogen-bond donors (Lipinski definition) is 0. The van der Waals surface area contributed by atoms with Crippen molar-refractivity contribution in [2.24, 2.45) is 0 Å². The minimum absolute atomic E-state index is 0.0993. The molecule has 0 aliphatic carbocycles. The van der Waals surface area contributed by atoms with Crippen LogP contribution in [-0.4, -0.2) is 34.7 Å². The zero-order valence-corrected chi connectivity index (χ0v) is 17.8. The van der Waals surface area contributed by atoms with Crippen molar-refractivity contribution in [1.29, 1.82) is 0 Å². The van der Waals surface area contributed by atoms with Gasteiger partial charge in [-0.25, -0.2) is 9.29 Å². The molecule has 2 aromatic rings. The number of amides is 3. The smallest absolute Gasteiger partial charge is 0.257 e. The van der Waals surface area contributed by atoms with E-state index < -0.39 is 23.7 Å². The van der Waals surface area contributed by atoms with Crippen molar-refractivity contribution >= 4 is 23.4 Å². The molecule has 0 spiro atoms. The second-order valence-corrected chi connectivity index (χ2v) is 7.98. The molecular weight excluding hydrogens is 383 g/mol. The number of carbonyl (C=O) groups excluding carboxylic acids is 3. The van der Waals surface area contributed by atoms with Crippen molar-refractivity contribution in [2.75, 3.05) is 4.90 Å². The molecule has 2 atom stereocenters. The molecule has 2 unspecified atom stereocenters. The van der Waals surface area contributed by atoms with Gasteiger partial charge >= 0.3 is 0 Å². The summed E-state index contributed by atoms with van der Waals surface area (Å²) in [6.45, 7) is 7.82. The van der Waals surface area contributed by atoms with Gasteiger partial charge in [-0.1, -0.05) is 45.0 Å². The van der Waals surface area contributed by atoms with E-state index in [9.17, 15) is 18.8 Å². The summed E-state index contributed by atoms with van der Waals surface area (Å²) in [5.41, 5.74) is 1.49. The van der Waals surface area contributed by atoms with E-state index in [4.69, 9.17) is 0 Å². The van der Waals surface area contributed by atoms with Gasteiger partial charge in [-0.05, 0) is 49.1 Å². The lowest BCUT2D eigenvalue weighted by Gasteiger charge is -2.33. The third-order valence-corrected chi connectivity index (χ3v) is 5.68. The van der Waals surface area contributed by atoms with Gasteiger partial charge in [0.2, 0.25) is 5.91 Å². The van der Waals surface area contributed by atoms with Crippen LogP contribution < -0.4 is 4.90 Å². The Kier molecular flexibility index (Phi) is 6.34. The summed E-state index contributed by atoms with van der Waals surface area (Å²) < 4.78 is 14.3. The molecule has 3 amide bonds. The molecule has 6 heteroatoms.